The van der Waals surface area contributed by atoms with E-state index >= 15 is 0 Å². The summed E-state index contributed by atoms with van der Waals surface area (Å²) >= 11 is 0. The molecule has 0 aliphatic carbocycles. The van der Waals surface area contributed by atoms with Crippen LogP contribution >= 0.6 is 0 Å². The Morgan fingerprint density at radius 2 is 1.72 bits per heavy atom. The Bertz CT molecular complexity index is 1250. The maximum absolute atomic E-state index is 13.0. The van der Waals surface area contributed by atoms with Crippen LogP contribution in [0.2, 0.25) is 0 Å². The van der Waals surface area contributed by atoms with Crippen molar-refractivity contribution in [1.82, 2.24) is 15.2 Å². The molecule has 1 atom stereocenters. The molecule has 4 aromatic rings. The molecule has 186 valence electrons. The number of ether oxygens (including phenoxy) is 2. The van der Waals surface area contributed by atoms with Gasteiger partial charge >= 0.3 is 0 Å². The van der Waals surface area contributed by atoms with Gasteiger partial charge in [0, 0.05) is 55.6 Å². The van der Waals surface area contributed by atoms with Gasteiger partial charge in [-0.05, 0) is 34.9 Å². The molecule has 6 heteroatoms. The van der Waals surface area contributed by atoms with Gasteiger partial charge in [0.1, 0.15) is 12.4 Å². The van der Waals surface area contributed by atoms with Crippen LogP contribution in [0.5, 0.6) is 5.75 Å². The van der Waals surface area contributed by atoms with Crippen LogP contribution in [-0.2, 0) is 16.1 Å². The summed E-state index contributed by atoms with van der Waals surface area (Å²) in [7, 11) is 0. The first-order chi connectivity index (χ1) is 17.8. The molecule has 5 rings (SSSR count). The van der Waals surface area contributed by atoms with E-state index in [1.54, 1.807) is 0 Å². The van der Waals surface area contributed by atoms with Gasteiger partial charge < -0.3 is 19.8 Å². The molecule has 1 saturated heterocycles. The lowest BCUT2D eigenvalue weighted by Crippen LogP contribution is -2.41. The third-order valence-electron chi connectivity index (χ3n) is 6.77. The summed E-state index contributed by atoms with van der Waals surface area (Å²) in [5, 5.41) is 4.28. The molecule has 0 spiro atoms. The normalized spacial score (nSPS) is 15.0. The van der Waals surface area contributed by atoms with Crippen molar-refractivity contribution in [3.8, 4) is 5.75 Å². The predicted octanol–water partition coefficient (Wildman–Crippen LogP) is 4.72. The molecule has 0 saturated carbocycles. The number of hydrogen-bond acceptors (Lipinski definition) is 4. The van der Waals surface area contributed by atoms with Gasteiger partial charge in [-0.25, -0.2) is 0 Å². The average molecular weight is 484 g/mol. The van der Waals surface area contributed by atoms with E-state index in [2.05, 4.69) is 51.6 Å². The van der Waals surface area contributed by atoms with Crippen molar-refractivity contribution >= 4 is 16.8 Å². The molecule has 0 bridgehead atoms. The van der Waals surface area contributed by atoms with E-state index in [9.17, 15) is 4.79 Å². The van der Waals surface area contributed by atoms with Crippen LogP contribution in [0.1, 0.15) is 29.0 Å². The van der Waals surface area contributed by atoms with E-state index in [0.29, 0.717) is 19.6 Å². The number of aromatic amines is 1. The Balaban J connectivity index is 1.28. The van der Waals surface area contributed by atoms with Gasteiger partial charge in [-0.15, -0.1) is 0 Å². The molecule has 0 radical (unpaired) electrons. The van der Waals surface area contributed by atoms with Gasteiger partial charge in [-0.2, -0.15) is 0 Å². The minimum absolute atomic E-state index is 0.0583. The highest BCUT2D eigenvalue weighted by Crippen LogP contribution is 2.34. The second kappa shape index (κ2) is 11.9. The number of amides is 1. The number of nitrogens with zero attached hydrogens (tertiary/aromatic N) is 1. The maximum atomic E-state index is 13.0. The summed E-state index contributed by atoms with van der Waals surface area (Å²) in [4.78, 5) is 18.7. The fourth-order valence-electron chi connectivity index (χ4n) is 4.76. The highest BCUT2D eigenvalue weighted by atomic mass is 16.5. The Hall–Kier alpha value is -3.61. The number of rotatable bonds is 10. The molecule has 2 heterocycles. The highest BCUT2D eigenvalue weighted by Gasteiger charge is 2.22. The summed E-state index contributed by atoms with van der Waals surface area (Å²) in [6, 6.07) is 26.5. The van der Waals surface area contributed by atoms with Crippen LogP contribution < -0.4 is 10.1 Å². The van der Waals surface area contributed by atoms with Gasteiger partial charge in [0.15, 0.2) is 0 Å². The lowest BCUT2D eigenvalue weighted by Gasteiger charge is -2.26. The number of nitrogens with one attached hydrogen (secondary N) is 2. The number of fused-ring (bicyclic) bond motifs is 1. The highest BCUT2D eigenvalue weighted by molar-refractivity contribution is 5.86. The molecule has 6 nitrogen and oxygen atoms in total. The lowest BCUT2D eigenvalue weighted by molar-refractivity contribution is -0.121. The van der Waals surface area contributed by atoms with E-state index in [4.69, 9.17) is 9.47 Å². The van der Waals surface area contributed by atoms with Crippen molar-refractivity contribution in [2.75, 3.05) is 39.4 Å². The van der Waals surface area contributed by atoms with Crippen molar-refractivity contribution in [3.63, 3.8) is 0 Å². The standard InChI is InChI=1S/C30H33N3O3/c34-30(31-14-15-33-16-18-35-19-17-33)20-27(28-21-32-29-9-5-4-8-26(28)29)24-10-12-25(13-11-24)36-22-23-6-2-1-3-7-23/h1-13,21,27,32H,14-20,22H2,(H,31,34). The van der Waals surface area contributed by atoms with Crippen LogP contribution in [-0.4, -0.2) is 55.2 Å². The van der Waals surface area contributed by atoms with E-state index in [1.165, 1.54) is 0 Å². The van der Waals surface area contributed by atoms with Crippen LogP contribution in [0.15, 0.2) is 85.1 Å². The second-order valence-electron chi connectivity index (χ2n) is 9.19. The molecule has 36 heavy (non-hydrogen) atoms. The van der Waals surface area contributed by atoms with Gasteiger partial charge in [0.05, 0.1) is 13.2 Å². The van der Waals surface area contributed by atoms with Gasteiger partial charge in [0.2, 0.25) is 5.91 Å². The molecule has 1 aliphatic rings. The van der Waals surface area contributed by atoms with Crippen LogP contribution in [0, 0.1) is 0 Å². The SMILES string of the molecule is O=C(CC(c1ccc(OCc2ccccc2)cc1)c1c[nH]c2ccccc12)NCCN1CCOCC1. The van der Waals surface area contributed by atoms with Gasteiger partial charge in [0.25, 0.3) is 0 Å². The smallest absolute Gasteiger partial charge is 0.220 e. The largest absolute Gasteiger partial charge is 0.489 e. The van der Waals surface area contributed by atoms with Crippen molar-refractivity contribution in [2.24, 2.45) is 0 Å². The Morgan fingerprint density at radius 1 is 0.972 bits per heavy atom. The zero-order valence-electron chi connectivity index (χ0n) is 20.5. The zero-order valence-corrected chi connectivity index (χ0v) is 20.5. The minimum Gasteiger partial charge on any atom is -0.489 e. The molecular formula is C30H33N3O3. The molecule has 1 fully saturated rings. The van der Waals surface area contributed by atoms with Crippen molar-refractivity contribution < 1.29 is 14.3 Å². The Morgan fingerprint density at radius 3 is 2.53 bits per heavy atom. The summed E-state index contributed by atoms with van der Waals surface area (Å²) in [5.74, 6) is 0.811. The summed E-state index contributed by atoms with van der Waals surface area (Å²) in [5.41, 5.74) is 4.43. The predicted molar refractivity (Wildman–Crippen MR) is 142 cm³/mol. The first kappa shape index (κ1) is 24.1. The molecule has 1 aromatic heterocycles. The molecular weight excluding hydrogens is 450 g/mol. The number of morpholine rings is 1. The number of para-hydroxylation sites is 1. The van der Waals surface area contributed by atoms with E-state index < -0.39 is 0 Å². The summed E-state index contributed by atoms with van der Waals surface area (Å²) in [6.45, 7) is 5.39. The molecule has 2 N–H and O–H groups in total. The first-order valence-electron chi connectivity index (χ1n) is 12.7. The number of carbonyl (C=O) groups excluding carboxylic acids is 1. The summed E-state index contributed by atoms with van der Waals surface area (Å²) < 4.78 is 11.4. The molecule has 3 aromatic carbocycles. The van der Waals surface area contributed by atoms with Crippen molar-refractivity contribution in [3.05, 3.63) is 102 Å². The van der Waals surface area contributed by atoms with Crippen LogP contribution in [0.3, 0.4) is 0 Å². The third-order valence-corrected chi connectivity index (χ3v) is 6.77. The topological polar surface area (TPSA) is 66.6 Å². The maximum Gasteiger partial charge on any atom is 0.220 e. The van der Waals surface area contributed by atoms with Crippen LogP contribution in [0.4, 0.5) is 0 Å². The number of hydrogen-bond donors (Lipinski definition) is 2. The fraction of sp³-hybridized carbons (Fsp3) is 0.300. The van der Waals surface area contributed by atoms with Crippen LogP contribution in [0.25, 0.3) is 10.9 Å². The first-order valence-corrected chi connectivity index (χ1v) is 12.7. The second-order valence-corrected chi connectivity index (χ2v) is 9.19. The fourth-order valence-corrected chi connectivity index (χ4v) is 4.76. The number of benzene rings is 3. The Labute approximate surface area is 212 Å². The average Bonchev–Trinajstić information content (AvgIpc) is 3.36. The number of H-pyrrole nitrogens is 1. The van der Waals surface area contributed by atoms with Crippen molar-refractivity contribution in [1.29, 1.82) is 0 Å². The minimum atomic E-state index is -0.0623. The third kappa shape index (κ3) is 6.14. The summed E-state index contributed by atoms with van der Waals surface area (Å²) in [6.07, 6.45) is 2.42. The lowest BCUT2D eigenvalue weighted by atomic mass is 9.88. The monoisotopic (exact) mass is 483 g/mol. The van der Waals surface area contributed by atoms with E-state index in [1.807, 2.05) is 48.7 Å². The molecule has 1 amide bonds. The van der Waals surface area contributed by atoms with Gasteiger partial charge in [-0.1, -0.05) is 60.7 Å². The van der Waals surface area contributed by atoms with E-state index in [-0.39, 0.29) is 11.8 Å². The quantitative estimate of drug-likeness (QED) is 0.343. The van der Waals surface area contributed by atoms with Gasteiger partial charge in [-0.3, -0.25) is 9.69 Å². The number of carbonyl (C=O) groups is 1. The molecule has 1 aliphatic heterocycles. The van der Waals surface area contributed by atoms with E-state index in [0.717, 1.165) is 66.2 Å². The molecule has 1 unspecified atom stereocenters. The number of aromatic nitrogens is 1. The zero-order chi connectivity index (χ0) is 24.6. The van der Waals surface area contributed by atoms with Crippen molar-refractivity contribution in [2.45, 2.75) is 18.9 Å². The Kier molecular flexibility index (Phi) is 7.96.